The number of anilines is 1. The van der Waals surface area contributed by atoms with Gasteiger partial charge in [0, 0.05) is 29.4 Å². The molecule has 92 valence electrons. The van der Waals surface area contributed by atoms with Gasteiger partial charge in [-0.25, -0.2) is 14.2 Å². The summed E-state index contributed by atoms with van der Waals surface area (Å²) in [4.78, 5) is 4.52. The van der Waals surface area contributed by atoms with E-state index in [0.717, 1.165) is 22.4 Å². The van der Waals surface area contributed by atoms with Crippen LogP contribution in [0.15, 0.2) is 48.9 Å². The van der Waals surface area contributed by atoms with Crippen molar-refractivity contribution in [1.29, 1.82) is 0 Å². The molecule has 0 fully saturated rings. The smallest absolute Gasteiger partial charge is 0.158 e. The van der Waals surface area contributed by atoms with Crippen LogP contribution in [0.2, 0.25) is 0 Å². The Bertz CT molecular complexity index is 888. The van der Waals surface area contributed by atoms with Crippen molar-refractivity contribution in [3.63, 3.8) is 0 Å². The van der Waals surface area contributed by atoms with E-state index in [4.69, 9.17) is 5.73 Å². The maximum Gasteiger partial charge on any atom is 0.158 e. The standard InChI is InChI=1S/C13H10N6/c14-10-2-1-9-8-16-19(11(9)7-10)13-4-6-18-12(17-13)3-5-15-18/h1-8H,14H2. The third kappa shape index (κ3) is 1.46. The number of hydrogen-bond acceptors (Lipinski definition) is 4. The highest BCUT2D eigenvalue weighted by Crippen LogP contribution is 2.19. The molecule has 0 aliphatic carbocycles. The fourth-order valence-corrected chi connectivity index (χ4v) is 2.14. The molecule has 0 aliphatic rings. The lowest BCUT2D eigenvalue weighted by molar-refractivity contribution is 0.854. The fraction of sp³-hybridized carbons (Fsp3) is 0. The molecule has 0 bridgehead atoms. The first kappa shape index (κ1) is 10.1. The van der Waals surface area contributed by atoms with Crippen LogP contribution >= 0.6 is 0 Å². The Morgan fingerprint density at radius 1 is 1.05 bits per heavy atom. The van der Waals surface area contributed by atoms with E-state index in [1.165, 1.54) is 0 Å². The van der Waals surface area contributed by atoms with Gasteiger partial charge in [0.15, 0.2) is 11.5 Å². The summed E-state index contributed by atoms with van der Waals surface area (Å²) in [5.74, 6) is 0.744. The Balaban J connectivity index is 2.00. The van der Waals surface area contributed by atoms with Crippen LogP contribution in [0.3, 0.4) is 0 Å². The topological polar surface area (TPSA) is 74.0 Å². The molecule has 3 aromatic heterocycles. The van der Waals surface area contributed by atoms with Gasteiger partial charge in [0.2, 0.25) is 0 Å². The van der Waals surface area contributed by atoms with Crippen LogP contribution < -0.4 is 5.73 Å². The van der Waals surface area contributed by atoms with Gasteiger partial charge in [-0.3, -0.25) is 0 Å². The molecule has 0 aliphatic heterocycles. The van der Waals surface area contributed by atoms with Crippen LogP contribution in [0.1, 0.15) is 0 Å². The van der Waals surface area contributed by atoms with Gasteiger partial charge in [-0.05, 0) is 18.2 Å². The van der Waals surface area contributed by atoms with Gasteiger partial charge in [-0.2, -0.15) is 10.2 Å². The largest absolute Gasteiger partial charge is 0.399 e. The summed E-state index contributed by atoms with van der Waals surface area (Å²) in [5, 5.41) is 9.52. The molecular weight excluding hydrogens is 240 g/mol. The van der Waals surface area contributed by atoms with Crippen molar-refractivity contribution >= 4 is 22.2 Å². The maximum atomic E-state index is 5.83. The second kappa shape index (κ2) is 3.55. The van der Waals surface area contributed by atoms with Crippen molar-refractivity contribution in [1.82, 2.24) is 24.4 Å². The number of fused-ring (bicyclic) bond motifs is 2. The predicted octanol–water partition coefficient (Wildman–Crippen LogP) is 1.65. The average molecular weight is 250 g/mol. The monoisotopic (exact) mass is 250 g/mol. The lowest BCUT2D eigenvalue weighted by Crippen LogP contribution is -2.01. The Hall–Kier alpha value is -2.89. The molecule has 0 saturated heterocycles. The van der Waals surface area contributed by atoms with Crippen LogP contribution in [-0.4, -0.2) is 24.4 Å². The zero-order chi connectivity index (χ0) is 12.8. The number of nitrogens with two attached hydrogens (primary N) is 1. The average Bonchev–Trinajstić information content (AvgIpc) is 3.03. The third-order valence-electron chi connectivity index (χ3n) is 3.06. The summed E-state index contributed by atoms with van der Waals surface area (Å²) >= 11 is 0. The lowest BCUT2D eigenvalue weighted by atomic mass is 10.2. The molecule has 6 nitrogen and oxygen atoms in total. The van der Waals surface area contributed by atoms with Crippen LogP contribution in [0.25, 0.3) is 22.4 Å². The van der Waals surface area contributed by atoms with E-state index in [-0.39, 0.29) is 0 Å². The second-order valence-electron chi connectivity index (χ2n) is 4.29. The van der Waals surface area contributed by atoms with Gasteiger partial charge in [-0.1, -0.05) is 0 Å². The fourth-order valence-electron chi connectivity index (χ4n) is 2.14. The first-order valence-electron chi connectivity index (χ1n) is 5.85. The van der Waals surface area contributed by atoms with Gasteiger partial charge < -0.3 is 5.73 Å². The van der Waals surface area contributed by atoms with Gasteiger partial charge in [0.05, 0.1) is 17.9 Å². The van der Waals surface area contributed by atoms with E-state index in [2.05, 4.69) is 15.2 Å². The quantitative estimate of drug-likeness (QED) is 0.521. The molecule has 0 unspecified atom stereocenters. The van der Waals surface area contributed by atoms with Crippen molar-refractivity contribution in [2.24, 2.45) is 0 Å². The Morgan fingerprint density at radius 2 is 2.00 bits per heavy atom. The normalized spacial score (nSPS) is 11.4. The van der Waals surface area contributed by atoms with Crippen molar-refractivity contribution < 1.29 is 0 Å². The van der Waals surface area contributed by atoms with E-state index in [9.17, 15) is 0 Å². The lowest BCUT2D eigenvalue weighted by Gasteiger charge is -2.03. The number of benzene rings is 1. The highest BCUT2D eigenvalue weighted by Gasteiger charge is 2.07. The Kier molecular flexibility index (Phi) is 1.88. The molecule has 0 amide bonds. The predicted molar refractivity (Wildman–Crippen MR) is 72.0 cm³/mol. The van der Waals surface area contributed by atoms with Gasteiger partial charge in [-0.15, -0.1) is 0 Å². The zero-order valence-corrected chi connectivity index (χ0v) is 9.93. The van der Waals surface area contributed by atoms with E-state index in [1.807, 2.05) is 36.5 Å². The molecule has 0 radical (unpaired) electrons. The first-order valence-corrected chi connectivity index (χ1v) is 5.85. The van der Waals surface area contributed by atoms with E-state index >= 15 is 0 Å². The number of nitrogens with zero attached hydrogens (tertiary/aromatic N) is 5. The zero-order valence-electron chi connectivity index (χ0n) is 9.93. The summed E-state index contributed by atoms with van der Waals surface area (Å²) in [5.41, 5.74) is 8.26. The summed E-state index contributed by atoms with van der Waals surface area (Å²) in [6, 6.07) is 9.43. The Labute approximate surface area is 108 Å². The third-order valence-corrected chi connectivity index (χ3v) is 3.06. The Morgan fingerprint density at radius 3 is 2.95 bits per heavy atom. The molecule has 3 heterocycles. The van der Waals surface area contributed by atoms with Gasteiger partial charge in [0.1, 0.15) is 0 Å². The molecule has 1 aromatic carbocycles. The van der Waals surface area contributed by atoms with Crippen molar-refractivity contribution in [2.75, 3.05) is 5.73 Å². The summed E-state index contributed by atoms with van der Waals surface area (Å²) in [6.45, 7) is 0. The molecule has 2 N–H and O–H groups in total. The number of rotatable bonds is 1. The molecule has 4 rings (SSSR count). The second-order valence-corrected chi connectivity index (χ2v) is 4.29. The van der Waals surface area contributed by atoms with Crippen LogP contribution in [0.5, 0.6) is 0 Å². The minimum atomic E-state index is 0.708. The van der Waals surface area contributed by atoms with E-state index in [1.54, 1.807) is 21.6 Å². The van der Waals surface area contributed by atoms with Crippen LogP contribution in [0.4, 0.5) is 5.69 Å². The molecule has 0 atom stereocenters. The number of aromatic nitrogens is 5. The minimum Gasteiger partial charge on any atom is -0.399 e. The molecule has 4 aromatic rings. The minimum absolute atomic E-state index is 0.708. The molecule has 0 saturated carbocycles. The van der Waals surface area contributed by atoms with E-state index < -0.39 is 0 Å². The SMILES string of the molecule is Nc1ccc2cnn(-c3ccn4nccc4n3)c2c1. The highest BCUT2D eigenvalue weighted by atomic mass is 15.3. The summed E-state index contributed by atoms with van der Waals surface area (Å²) in [6.07, 6.45) is 5.37. The van der Waals surface area contributed by atoms with Gasteiger partial charge in [0.25, 0.3) is 0 Å². The molecule has 0 spiro atoms. The maximum absolute atomic E-state index is 5.83. The first-order chi connectivity index (χ1) is 9.31. The highest BCUT2D eigenvalue weighted by molar-refractivity contribution is 5.83. The number of nitrogen functional groups attached to an aromatic ring is 1. The van der Waals surface area contributed by atoms with Crippen molar-refractivity contribution in [2.45, 2.75) is 0 Å². The van der Waals surface area contributed by atoms with Crippen LogP contribution in [-0.2, 0) is 0 Å². The van der Waals surface area contributed by atoms with E-state index in [0.29, 0.717) is 5.69 Å². The summed E-state index contributed by atoms with van der Waals surface area (Å²) < 4.78 is 3.49. The number of hydrogen-bond donors (Lipinski definition) is 1. The van der Waals surface area contributed by atoms with Crippen molar-refractivity contribution in [3.8, 4) is 5.82 Å². The van der Waals surface area contributed by atoms with Crippen molar-refractivity contribution in [3.05, 3.63) is 48.9 Å². The molecular formula is C13H10N6. The van der Waals surface area contributed by atoms with Crippen LogP contribution in [0, 0.1) is 0 Å². The summed E-state index contributed by atoms with van der Waals surface area (Å²) in [7, 11) is 0. The molecule has 19 heavy (non-hydrogen) atoms. The van der Waals surface area contributed by atoms with Gasteiger partial charge >= 0.3 is 0 Å². The molecule has 6 heteroatoms.